The molecular formula is C18H21N5O4S. The lowest BCUT2D eigenvalue weighted by Crippen LogP contribution is -2.46. The molecule has 2 aromatic heterocycles. The molecule has 0 spiro atoms. The Bertz CT molecular complexity index is 865. The summed E-state index contributed by atoms with van der Waals surface area (Å²) in [5.41, 5.74) is -0.821. The molecule has 10 heteroatoms. The number of nitrogens with one attached hydrogen (secondary N) is 1. The summed E-state index contributed by atoms with van der Waals surface area (Å²) >= 11 is 1.18. The van der Waals surface area contributed by atoms with Crippen LogP contribution in [0.5, 0.6) is 0 Å². The Morgan fingerprint density at radius 3 is 2.86 bits per heavy atom. The first kappa shape index (κ1) is 19.9. The Hall–Kier alpha value is -2.80. The topological polar surface area (TPSA) is 123 Å². The molecule has 1 fully saturated rings. The Morgan fingerprint density at radius 1 is 1.43 bits per heavy atom. The van der Waals surface area contributed by atoms with Crippen LogP contribution in [0, 0.1) is 11.3 Å². The molecule has 0 radical (unpaired) electrons. The quantitative estimate of drug-likeness (QED) is 0.525. The second-order valence-electron chi connectivity index (χ2n) is 6.43. The van der Waals surface area contributed by atoms with Crippen molar-refractivity contribution >= 4 is 23.6 Å². The second kappa shape index (κ2) is 8.93. The van der Waals surface area contributed by atoms with Gasteiger partial charge in [-0.2, -0.15) is 5.26 Å². The number of nitriles is 1. The highest BCUT2D eigenvalue weighted by atomic mass is 32.2. The van der Waals surface area contributed by atoms with Gasteiger partial charge in [0.1, 0.15) is 5.54 Å². The summed E-state index contributed by atoms with van der Waals surface area (Å²) in [4.78, 5) is 24.0. The SMILES string of the molecule is CCn1c(SCC(=O)OCC(=O)NC2(C#N)CCCC2)nnc1-c1ccco1. The molecular weight excluding hydrogens is 382 g/mol. The Morgan fingerprint density at radius 2 is 2.21 bits per heavy atom. The summed E-state index contributed by atoms with van der Waals surface area (Å²) < 4.78 is 12.2. The third-order valence-corrected chi connectivity index (χ3v) is 5.45. The first-order valence-corrected chi connectivity index (χ1v) is 10.0. The summed E-state index contributed by atoms with van der Waals surface area (Å²) in [5.74, 6) is 0.175. The van der Waals surface area contributed by atoms with E-state index in [0.29, 0.717) is 36.1 Å². The second-order valence-corrected chi connectivity index (χ2v) is 7.37. The summed E-state index contributed by atoms with van der Waals surface area (Å²) in [5, 5.41) is 20.7. The summed E-state index contributed by atoms with van der Waals surface area (Å²) in [6, 6.07) is 5.72. The molecule has 28 heavy (non-hydrogen) atoms. The zero-order valence-electron chi connectivity index (χ0n) is 15.5. The third-order valence-electron chi connectivity index (χ3n) is 4.51. The Kier molecular flexibility index (Phi) is 6.36. The number of thioether (sulfide) groups is 1. The van der Waals surface area contributed by atoms with E-state index in [1.807, 2.05) is 11.5 Å². The summed E-state index contributed by atoms with van der Waals surface area (Å²) in [7, 11) is 0. The van der Waals surface area contributed by atoms with Gasteiger partial charge in [0.05, 0.1) is 18.1 Å². The minimum Gasteiger partial charge on any atom is -0.461 e. The molecule has 9 nitrogen and oxygen atoms in total. The smallest absolute Gasteiger partial charge is 0.316 e. The first-order chi connectivity index (χ1) is 13.6. The van der Waals surface area contributed by atoms with Gasteiger partial charge in [-0.1, -0.05) is 11.8 Å². The summed E-state index contributed by atoms with van der Waals surface area (Å²) in [6.45, 7) is 2.15. The van der Waals surface area contributed by atoms with E-state index < -0.39 is 24.0 Å². The molecule has 0 aliphatic heterocycles. The molecule has 0 bridgehead atoms. The van der Waals surface area contributed by atoms with Crippen LogP contribution in [0.3, 0.4) is 0 Å². The Labute approximate surface area is 166 Å². The molecule has 0 saturated heterocycles. The first-order valence-electron chi connectivity index (χ1n) is 9.04. The average molecular weight is 403 g/mol. The molecule has 0 aromatic carbocycles. The van der Waals surface area contributed by atoms with Gasteiger partial charge >= 0.3 is 5.97 Å². The highest BCUT2D eigenvalue weighted by Gasteiger charge is 2.35. The van der Waals surface area contributed by atoms with Crippen LogP contribution in [-0.2, 0) is 20.9 Å². The number of nitrogens with zero attached hydrogens (tertiary/aromatic N) is 4. The molecule has 1 aliphatic rings. The van der Waals surface area contributed by atoms with E-state index in [1.54, 1.807) is 18.4 Å². The molecule has 2 aromatic rings. The molecule has 3 rings (SSSR count). The van der Waals surface area contributed by atoms with Crippen LogP contribution in [0.1, 0.15) is 32.6 Å². The van der Waals surface area contributed by atoms with Crippen molar-refractivity contribution < 1.29 is 18.7 Å². The number of hydrogen-bond donors (Lipinski definition) is 1. The van der Waals surface area contributed by atoms with Crippen LogP contribution in [0.2, 0.25) is 0 Å². The largest absolute Gasteiger partial charge is 0.461 e. The molecule has 148 valence electrons. The van der Waals surface area contributed by atoms with Crippen LogP contribution >= 0.6 is 11.8 Å². The minimum atomic E-state index is -0.821. The van der Waals surface area contributed by atoms with Crippen molar-refractivity contribution in [3.05, 3.63) is 18.4 Å². The fourth-order valence-electron chi connectivity index (χ4n) is 3.13. The zero-order chi connectivity index (χ0) is 20.0. The van der Waals surface area contributed by atoms with Gasteiger partial charge in [-0.3, -0.25) is 14.2 Å². The highest BCUT2D eigenvalue weighted by molar-refractivity contribution is 7.99. The molecule has 1 aliphatic carbocycles. The van der Waals surface area contributed by atoms with E-state index in [2.05, 4.69) is 21.6 Å². The van der Waals surface area contributed by atoms with Crippen LogP contribution < -0.4 is 5.32 Å². The van der Waals surface area contributed by atoms with Crippen molar-refractivity contribution in [2.75, 3.05) is 12.4 Å². The van der Waals surface area contributed by atoms with Crippen molar-refractivity contribution in [1.29, 1.82) is 5.26 Å². The lowest BCUT2D eigenvalue weighted by Gasteiger charge is -2.21. The Balaban J connectivity index is 1.48. The lowest BCUT2D eigenvalue weighted by molar-refractivity contribution is -0.146. The van der Waals surface area contributed by atoms with Gasteiger partial charge in [-0.15, -0.1) is 10.2 Å². The number of esters is 1. The van der Waals surface area contributed by atoms with E-state index in [0.717, 1.165) is 12.8 Å². The van der Waals surface area contributed by atoms with Crippen LogP contribution in [-0.4, -0.2) is 44.5 Å². The van der Waals surface area contributed by atoms with Crippen molar-refractivity contribution in [1.82, 2.24) is 20.1 Å². The van der Waals surface area contributed by atoms with Crippen molar-refractivity contribution in [3.8, 4) is 17.7 Å². The normalized spacial score (nSPS) is 15.1. The van der Waals surface area contributed by atoms with Gasteiger partial charge in [-0.05, 0) is 44.7 Å². The average Bonchev–Trinajstić information content (AvgIpc) is 3.44. The molecule has 1 amide bonds. The van der Waals surface area contributed by atoms with Crippen molar-refractivity contribution in [2.24, 2.45) is 0 Å². The molecule has 1 N–H and O–H groups in total. The fourth-order valence-corrected chi connectivity index (χ4v) is 3.93. The predicted octanol–water partition coefficient (Wildman–Crippen LogP) is 2.15. The number of furan rings is 1. The molecule has 2 heterocycles. The van der Waals surface area contributed by atoms with Crippen molar-refractivity contribution in [3.63, 3.8) is 0 Å². The number of hydrogen-bond acceptors (Lipinski definition) is 8. The van der Waals surface area contributed by atoms with E-state index >= 15 is 0 Å². The number of aromatic nitrogens is 3. The van der Waals surface area contributed by atoms with Crippen LogP contribution in [0.25, 0.3) is 11.6 Å². The lowest BCUT2D eigenvalue weighted by atomic mass is 10.00. The zero-order valence-corrected chi connectivity index (χ0v) is 16.3. The number of amides is 1. The monoisotopic (exact) mass is 403 g/mol. The van der Waals surface area contributed by atoms with Gasteiger partial charge in [0.15, 0.2) is 23.3 Å². The van der Waals surface area contributed by atoms with Gasteiger partial charge < -0.3 is 14.5 Å². The summed E-state index contributed by atoms with van der Waals surface area (Å²) in [6.07, 6.45) is 4.62. The van der Waals surface area contributed by atoms with Crippen LogP contribution in [0.15, 0.2) is 28.0 Å². The van der Waals surface area contributed by atoms with E-state index in [-0.39, 0.29) is 5.75 Å². The van der Waals surface area contributed by atoms with Crippen molar-refractivity contribution in [2.45, 2.75) is 49.8 Å². The number of ether oxygens (including phenoxy) is 1. The maximum Gasteiger partial charge on any atom is 0.316 e. The maximum atomic E-state index is 12.0. The predicted molar refractivity (Wildman–Crippen MR) is 100 cm³/mol. The standard InChI is InChI=1S/C18H21N5O4S/c1-2-23-16(13-6-5-9-26-13)21-22-17(23)28-11-15(25)27-10-14(24)20-18(12-19)7-3-4-8-18/h5-6,9H,2-4,7-8,10-11H2,1H3,(H,20,24). The fraction of sp³-hybridized carbons (Fsp3) is 0.500. The van der Waals surface area contributed by atoms with Gasteiger partial charge in [0, 0.05) is 6.54 Å². The maximum absolute atomic E-state index is 12.0. The number of rotatable bonds is 8. The third kappa shape index (κ3) is 4.54. The molecule has 0 atom stereocenters. The van der Waals surface area contributed by atoms with Gasteiger partial charge in [0.25, 0.3) is 5.91 Å². The van der Waals surface area contributed by atoms with Gasteiger partial charge in [-0.25, -0.2) is 0 Å². The van der Waals surface area contributed by atoms with E-state index in [1.165, 1.54) is 11.8 Å². The van der Waals surface area contributed by atoms with E-state index in [9.17, 15) is 14.9 Å². The minimum absolute atomic E-state index is 0.00698. The highest BCUT2D eigenvalue weighted by Crippen LogP contribution is 2.28. The van der Waals surface area contributed by atoms with Crippen LogP contribution in [0.4, 0.5) is 0 Å². The van der Waals surface area contributed by atoms with Gasteiger partial charge in [0.2, 0.25) is 0 Å². The number of carbonyl (C=O) groups is 2. The van der Waals surface area contributed by atoms with E-state index in [4.69, 9.17) is 9.15 Å². The number of carbonyl (C=O) groups excluding carboxylic acids is 2. The molecule has 1 saturated carbocycles. The molecule has 0 unspecified atom stereocenters.